The second kappa shape index (κ2) is 5.70. The van der Waals surface area contributed by atoms with E-state index in [-0.39, 0.29) is 6.04 Å². The number of hydrogen-bond acceptors (Lipinski definition) is 2. The zero-order chi connectivity index (χ0) is 13.9. The Kier molecular flexibility index (Phi) is 3.77. The molecule has 1 atom stereocenters. The molecule has 106 valence electrons. The van der Waals surface area contributed by atoms with Crippen LogP contribution < -0.4 is 5.32 Å². The number of aryl methyl sites for hydroxylation is 1. The molecule has 1 aromatic carbocycles. The largest absolute Gasteiger partial charge is 0.349 e. The summed E-state index contributed by atoms with van der Waals surface area (Å²) < 4.78 is 2.35. The van der Waals surface area contributed by atoms with E-state index < -0.39 is 0 Å². The number of imidazole rings is 1. The maximum Gasteiger partial charge on any atom is 0.203 e. The number of hydrogen-bond donors (Lipinski definition) is 1. The van der Waals surface area contributed by atoms with E-state index in [1.54, 1.807) is 0 Å². The van der Waals surface area contributed by atoms with E-state index in [9.17, 15) is 0 Å². The molecule has 3 nitrogen and oxygen atoms in total. The third-order valence-corrected chi connectivity index (χ3v) is 4.22. The molecule has 3 rings (SSSR count). The second-order valence-electron chi connectivity index (χ2n) is 5.83. The Balaban J connectivity index is 1.80. The molecule has 1 saturated carbocycles. The number of benzene rings is 1. The highest BCUT2D eigenvalue weighted by molar-refractivity contribution is 5.34. The van der Waals surface area contributed by atoms with E-state index >= 15 is 0 Å². The molecule has 0 aliphatic heterocycles. The lowest BCUT2D eigenvalue weighted by atomic mass is 10.1. The van der Waals surface area contributed by atoms with Gasteiger partial charge in [-0.3, -0.25) is 0 Å². The first-order chi connectivity index (χ1) is 9.74. The molecule has 1 aliphatic carbocycles. The molecule has 1 N–H and O–H groups in total. The van der Waals surface area contributed by atoms with Crippen molar-refractivity contribution in [2.45, 2.75) is 51.6 Å². The minimum Gasteiger partial charge on any atom is -0.349 e. The summed E-state index contributed by atoms with van der Waals surface area (Å²) in [6.45, 7) is 4.27. The Labute approximate surface area is 121 Å². The fraction of sp³-hybridized carbons (Fsp3) is 0.471. The summed E-state index contributed by atoms with van der Waals surface area (Å²) in [4.78, 5) is 4.67. The topological polar surface area (TPSA) is 29.9 Å². The van der Waals surface area contributed by atoms with Gasteiger partial charge in [0.2, 0.25) is 5.95 Å². The predicted molar refractivity (Wildman–Crippen MR) is 82.9 cm³/mol. The average molecular weight is 269 g/mol. The first kappa shape index (κ1) is 13.2. The smallest absolute Gasteiger partial charge is 0.203 e. The molecule has 1 fully saturated rings. The molecule has 1 unspecified atom stereocenters. The number of anilines is 1. The minimum absolute atomic E-state index is 0.276. The maximum absolute atomic E-state index is 4.67. The number of aromatic nitrogens is 2. The van der Waals surface area contributed by atoms with Crippen LogP contribution in [0.2, 0.25) is 0 Å². The van der Waals surface area contributed by atoms with Crippen molar-refractivity contribution in [3.05, 3.63) is 47.8 Å². The number of nitrogens with one attached hydrogen (secondary N) is 1. The van der Waals surface area contributed by atoms with E-state index in [2.05, 4.69) is 65.2 Å². The van der Waals surface area contributed by atoms with Crippen molar-refractivity contribution < 1.29 is 0 Å². The molecule has 20 heavy (non-hydrogen) atoms. The van der Waals surface area contributed by atoms with E-state index in [0.29, 0.717) is 6.04 Å². The van der Waals surface area contributed by atoms with Crippen LogP contribution in [0, 0.1) is 6.92 Å². The number of rotatable bonds is 4. The Morgan fingerprint density at radius 1 is 1.20 bits per heavy atom. The summed E-state index contributed by atoms with van der Waals surface area (Å²) in [6, 6.07) is 11.4. The van der Waals surface area contributed by atoms with Crippen LogP contribution >= 0.6 is 0 Å². The van der Waals surface area contributed by atoms with Crippen LogP contribution in [0.15, 0.2) is 36.5 Å². The molecule has 1 aliphatic rings. The van der Waals surface area contributed by atoms with Gasteiger partial charge >= 0.3 is 0 Å². The van der Waals surface area contributed by atoms with E-state index in [1.807, 2.05) is 0 Å². The molecule has 2 aromatic rings. The molecular weight excluding hydrogens is 246 g/mol. The van der Waals surface area contributed by atoms with Crippen molar-refractivity contribution in [3.8, 4) is 0 Å². The highest BCUT2D eigenvalue weighted by atomic mass is 15.2. The van der Waals surface area contributed by atoms with Crippen molar-refractivity contribution in [1.29, 1.82) is 0 Å². The van der Waals surface area contributed by atoms with Gasteiger partial charge in [0.05, 0.1) is 11.7 Å². The molecule has 0 spiro atoms. The first-order valence-corrected chi connectivity index (χ1v) is 7.61. The van der Waals surface area contributed by atoms with E-state index in [4.69, 9.17) is 0 Å². The highest BCUT2D eigenvalue weighted by Crippen LogP contribution is 2.33. The predicted octanol–water partition coefficient (Wildman–Crippen LogP) is 4.48. The van der Waals surface area contributed by atoms with Gasteiger partial charge in [-0.1, -0.05) is 43.2 Å². The van der Waals surface area contributed by atoms with Crippen LogP contribution in [-0.4, -0.2) is 9.55 Å². The van der Waals surface area contributed by atoms with Crippen LogP contribution in [0.5, 0.6) is 0 Å². The highest BCUT2D eigenvalue weighted by Gasteiger charge is 2.21. The molecule has 0 amide bonds. The standard InChI is InChI=1S/C17H23N3/c1-13-12-20(16-10-6-7-11-16)17(18-13)19-14(2)15-8-4-3-5-9-15/h3-5,8-9,12,14,16H,6-7,10-11H2,1-2H3,(H,18,19). The summed E-state index contributed by atoms with van der Waals surface area (Å²) in [5, 5.41) is 3.58. The monoisotopic (exact) mass is 269 g/mol. The zero-order valence-electron chi connectivity index (χ0n) is 12.3. The zero-order valence-corrected chi connectivity index (χ0v) is 12.3. The lowest BCUT2D eigenvalue weighted by Gasteiger charge is -2.19. The molecule has 1 heterocycles. The van der Waals surface area contributed by atoms with Gasteiger partial charge in [-0.15, -0.1) is 0 Å². The van der Waals surface area contributed by atoms with Gasteiger partial charge in [0.25, 0.3) is 0 Å². The summed E-state index contributed by atoms with van der Waals surface area (Å²) in [7, 11) is 0. The average Bonchev–Trinajstić information content (AvgIpc) is 3.09. The van der Waals surface area contributed by atoms with Crippen LogP contribution in [0.1, 0.15) is 55.9 Å². The fourth-order valence-electron chi connectivity index (χ4n) is 3.10. The molecule has 0 bridgehead atoms. The first-order valence-electron chi connectivity index (χ1n) is 7.61. The number of nitrogens with zero attached hydrogens (tertiary/aromatic N) is 2. The van der Waals surface area contributed by atoms with Crippen LogP contribution in [-0.2, 0) is 0 Å². The van der Waals surface area contributed by atoms with Crippen molar-refractivity contribution in [2.24, 2.45) is 0 Å². The van der Waals surface area contributed by atoms with Gasteiger partial charge < -0.3 is 9.88 Å². The van der Waals surface area contributed by atoms with Gasteiger partial charge in [-0.25, -0.2) is 4.98 Å². The summed E-state index contributed by atoms with van der Waals surface area (Å²) in [5.74, 6) is 1.02. The SMILES string of the molecule is Cc1cn(C2CCCC2)c(NC(C)c2ccccc2)n1. The molecular formula is C17H23N3. The van der Waals surface area contributed by atoms with E-state index in [0.717, 1.165) is 11.6 Å². The fourth-order valence-corrected chi connectivity index (χ4v) is 3.10. The van der Waals surface area contributed by atoms with Crippen molar-refractivity contribution in [1.82, 2.24) is 9.55 Å². The van der Waals surface area contributed by atoms with E-state index in [1.165, 1.54) is 31.2 Å². The Bertz CT molecular complexity index is 553. The summed E-state index contributed by atoms with van der Waals surface area (Å²) >= 11 is 0. The van der Waals surface area contributed by atoms with Crippen LogP contribution in [0.25, 0.3) is 0 Å². The van der Waals surface area contributed by atoms with Gasteiger partial charge in [-0.05, 0) is 32.3 Å². The molecule has 0 saturated heterocycles. The molecule has 1 aromatic heterocycles. The van der Waals surface area contributed by atoms with Crippen LogP contribution in [0.3, 0.4) is 0 Å². The third kappa shape index (κ3) is 2.72. The lowest BCUT2D eigenvalue weighted by Crippen LogP contribution is -2.13. The van der Waals surface area contributed by atoms with Crippen LogP contribution in [0.4, 0.5) is 5.95 Å². The van der Waals surface area contributed by atoms with Gasteiger partial charge in [0.15, 0.2) is 0 Å². The molecule has 0 radical (unpaired) electrons. The normalized spacial score (nSPS) is 17.3. The lowest BCUT2D eigenvalue weighted by molar-refractivity contribution is 0.520. The second-order valence-corrected chi connectivity index (χ2v) is 5.83. The Hall–Kier alpha value is -1.77. The molecule has 3 heteroatoms. The minimum atomic E-state index is 0.276. The Morgan fingerprint density at radius 3 is 2.60 bits per heavy atom. The van der Waals surface area contributed by atoms with Crippen molar-refractivity contribution >= 4 is 5.95 Å². The third-order valence-electron chi connectivity index (χ3n) is 4.22. The maximum atomic E-state index is 4.67. The van der Waals surface area contributed by atoms with Gasteiger partial charge in [0.1, 0.15) is 0 Å². The summed E-state index contributed by atoms with van der Waals surface area (Å²) in [6.07, 6.45) is 7.44. The van der Waals surface area contributed by atoms with Crippen molar-refractivity contribution in [3.63, 3.8) is 0 Å². The van der Waals surface area contributed by atoms with Gasteiger partial charge in [0, 0.05) is 12.2 Å². The summed E-state index contributed by atoms with van der Waals surface area (Å²) in [5.41, 5.74) is 2.39. The van der Waals surface area contributed by atoms with Crippen molar-refractivity contribution in [2.75, 3.05) is 5.32 Å². The Morgan fingerprint density at radius 2 is 1.90 bits per heavy atom. The quantitative estimate of drug-likeness (QED) is 0.887. The van der Waals surface area contributed by atoms with Gasteiger partial charge in [-0.2, -0.15) is 0 Å².